The second-order valence-electron chi connectivity index (χ2n) is 7.45. The van der Waals surface area contributed by atoms with Gasteiger partial charge in [0.2, 0.25) is 5.91 Å². The van der Waals surface area contributed by atoms with Gasteiger partial charge in [-0.1, -0.05) is 37.3 Å². The maximum absolute atomic E-state index is 12.8. The molecule has 3 rings (SSSR count). The van der Waals surface area contributed by atoms with Crippen LogP contribution in [0.4, 0.5) is 14.3 Å². The number of nitrogens with one attached hydrogen (secondary N) is 3. The molecule has 3 N–H and O–H groups in total. The molecule has 1 aliphatic rings. The molecule has 2 aromatic rings. The first-order valence-corrected chi connectivity index (χ1v) is 9.62. The SMILES string of the molecule is CC1(C)CC(=O)c2sc(NC(=O)CNC(=O)NCc3ccc(F)cc3)nc2C1. The predicted octanol–water partition coefficient (Wildman–Crippen LogP) is 2.88. The minimum absolute atomic E-state index is 0.0440. The number of anilines is 1. The number of amides is 3. The molecule has 0 unspecified atom stereocenters. The van der Waals surface area contributed by atoms with Crippen molar-refractivity contribution in [3.63, 3.8) is 0 Å². The van der Waals surface area contributed by atoms with Gasteiger partial charge in [0.1, 0.15) is 5.82 Å². The number of Topliss-reactive ketones (excluding diaryl/α,β-unsaturated/α-hetero) is 1. The standard InChI is InChI=1S/C19H21FN4O3S/c1-19(2)7-13-16(14(25)8-19)28-18(23-13)24-15(26)10-22-17(27)21-9-11-3-5-12(20)6-4-11/h3-6H,7-10H2,1-2H3,(H2,21,22,27)(H,23,24,26). The molecule has 0 aliphatic heterocycles. The molecule has 1 aromatic heterocycles. The highest BCUT2D eigenvalue weighted by atomic mass is 32.1. The lowest BCUT2D eigenvalue weighted by Crippen LogP contribution is -2.39. The summed E-state index contributed by atoms with van der Waals surface area (Å²) < 4.78 is 12.8. The van der Waals surface area contributed by atoms with E-state index in [9.17, 15) is 18.8 Å². The summed E-state index contributed by atoms with van der Waals surface area (Å²) in [5, 5.41) is 7.99. The average molecular weight is 404 g/mol. The van der Waals surface area contributed by atoms with Gasteiger partial charge in [-0.2, -0.15) is 0 Å². The number of ketones is 1. The molecule has 0 atom stereocenters. The van der Waals surface area contributed by atoms with Gasteiger partial charge in [-0.05, 0) is 29.5 Å². The van der Waals surface area contributed by atoms with Crippen LogP contribution in [0.25, 0.3) is 0 Å². The number of carbonyl (C=O) groups excluding carboxylic acids is 3. The zero-order valence-electron chi connectivity index (χ0n) is 15.6. The summed E-state index contributed by atoms with van der Waals surface area (Å²) in [4.78, 5) is 41.0. The fraction of sp³-hybridized carbons (Fsp3) is 0.368. The van der Waals surface area contributed by atoms with E-state index in [0.717, 1.165) is 16.9 Å². The molecule has 1 aliphatic carbocycles. The monoisotopic (exact) mass is 404 g/mol. The van der Waals surface area contributed by atoms with Crippen LogP contribution in [0, 0.1) is 11.2 Å². The molecule has 7 nitrogen and oxygen atoms in total. The molecule has 0 saturated heterocycles. The van der Waals surface area contributed by atoms with Gasteiger partial charge in [0.15, 0.2) is 10.9 Å². The molecule has 148 valence electrons. The van der Waals surface area contributed by atoms with Gasteiger partial charge < -0.3 is 16.0 Å². The predicted molar refractivity (Wildman–Crippen MR) is 104 cm³/mol. The number of fused-ring (bicyclic) bond motifs is 1. The van der Waals surface area contributed by atoms with Crippen LogP contribution < -0.4 is 16.0 Å². The van der Waals surface area contributed by atoms with E-state index in [2.05, 4.69) is 20.9 Å². The van der Waals surface area contributed by atoms with Crippen molar-refractivity contribution in [3.8, 4) is 0 Å². The Morgan fingerprint density at radius 2 is 1.89 bits per heavy atom. The van der Waals surface area contributed by atoms with Crippen molar-refractivity contribution in [2.45, 2.75) is 33.2 Å². The summed E-state index contributed by atoms with van der Waals surface area (Å²) in [7, 11) is 0. The Morgan fingerprint density at radius 1 is 1.18 bits per heavy atom. The van der Waals surface area contributed by atoms with Crippen LogP contribution in [0.1, 0.15) is 41.2 Å². The summed E-state index contributed by atoms with van der Waals surface area (Å²) in [6.07, 6.45) is 1.15. The lowest BCUT2D eigenvalue weighted by Gasteiger charge is -2.26. The maximum Gasteiger partial charge on any atom is 0.315 e. The second-order valence-corrected chi connectivity index (χ2v) is 8.45. The minimum Gasteiger partial charge on any atom is -0.334 e. The Labute approximate surface area is 165 Å². The van der Waals surface area contributed by atoms with Crippen molar-refractivity contribution in [2.24, 2.45) is 5.41 Å². The zero-order valence-corrected chi connectivity index (χ0v) is 16.4. The molecule has 1 heterocycles. The highest BCUT2D eigenvalue weighted by Crippen LogP contribution is 2.38. The number of thiazole rings is 1. The topological polar surface area (TPSA) is 100 Å². The van der Waals surface area contributed by atoms with Gasteiger partial charge in [0.05, 0.1) is 17.1 Å². The number of halogens is 1. The third kappa shape index (κ3) is 5.13. The van der Waals surface area contributed by atoms with E-state index in [1.807, 2.05) is 13.8 Å². The largest absolute Gasteiger partial charge is 0.334 e. The molecule has 9 heteroatoms. The summed E-state index contributed by atoms with van der Waals surface area (Å²) in [6.45, 7) is 4.00. The Hall–Kier alpha value is -2.81. The van der Waals surface area contributed by atoms with Gasteiger partial charge in [0.25, 0.3) is 0 Å². The number of hydrogen-bond acceptors (Lipinski definition) is 5. The molecule has 28 heavy (non-hydrogen) atoms. The molecule has 1 aromatic carbocycles. The maximum atomic E-state index is 12.8. The third-order valence-electron chi connectivity index (χ3n) is 4.26. The van der Waals surface area contributed by atoms with E-state index in [1.165, 1.54) is 12.1 Å². The van der Waals surface area contributed by atoms with Gasteiger partial charge >= 0.3 is 6.03 Å². The van der Waals surface area contributed by atoms with Crippen molar-refractivity contribution in [3.05, 3.63) is 46.2 Å². The molecular weight excluding hydrogens is 383 g/mol. The van der Waals surface area contributed by atoms with Crippen LogP contribution in [0.2, 0.25) is 0 Å². The smallest absolute Gasteiger partial charge is 0.315 e. The van der Waals surface area contributed by atoms with Gasteiger partial charge in [0, 0.05) is 13.0 Å². The fourth-order valence-corrected chi connectivity index (χ4v) is 3.88. The van der Waals surface area contributed by atoms with Crippen LogP contribution in [-0.2, 0) is 17.8 Å². The van der Waals surface area contributed by atoms with E-state index < -0.39 is 11.9 Å². The quantitative estimate of drug-likeness (QED) is 0.713. The molecular formula is C19H21FN4O3S. The fourth-order valence-electron chi connectivity index (χ4n) is 2.94. The highest BCUT2D eigenvalue weighted by molar-refractivity contribution is 7.17. The Morgan fingerprint density at radius 3 is 2.61 bits per heavy atom. The van der Waals surface area contributed by atoms with Gasteiger partial charge in [-0.25, -0.2) is 14.2 Å². The number of rotatable bonds is 5. The van der Waals surface area contributed by atoms with Crippen LogP contribution in [0.15, 0.2) is 24.3 Å². The van der Waals surface area contributed by atoms with E-state index in [4.69, 9.17) is 0 Å². The molecule has 0 bridgehead atoms. The van der Waals surface area contributed by atoms with Crippen molar-refractivity contribution < 1.29 is 18.8 Å². The molecule has 0 fully saturated rings. The molecule has 3 amide bonds. The van der Waals surface area contributed by atoms with E-state index in [0.29, 0.717) is 28.5 Å². The van der Waals surface area contributed by atoms with Crippen molar-refractivity contribution in [1.82, 2.24) is 15.6 Å². The van der Waals surface area contributed by atoms with Crippen molar-refractivity contribution in [1.29, 1.82) is 0 Å². The normalized spacial score (nSPS) is 14.9. The van der Waals surface area contributed by atoms with Gasteiger partial charge in [-0.15, -0.1) is 0 Å². The van der Waals surface area contributed by atoms with E-state index >= 15 is 0 Å². The zero-order chi connectivity index (χ0) is 20.3. The van der Waals surface area contributed by atoms with Gasteiger partial charge in [-0.3, -0.25) is 9.59 Å². The third-order valence-corrected chi connectivity index (χ3v) is 5.31. The van der Waals surface area contributed by atoms with Crippen molar-refractivity contribution >= 4 is 34.2 Å². The van der Waals surface area contributed by atoms with E-state index in [1.54, 1.807) is 12.1 Å². The van der Waals surface area contributed by atoms with Crippen LogP contribution >= 0.6 is 11.3 Å². The molecule has 0 spiro atoms. The Bertz CT molecular complexity index is 908. The molecule has 0 radical (unpaired) electrons. The first kappa shape index (κ1) is 19.9. The number of nitrogens with zero attached hydrogens (tertiary/aromatic N) is 1. The minimum atomic E-state index is -0.519. The average Bonchev–Trinajstić information content (AvgIpc) is 3.00. The first-order chi connectivity index (χ1) is 13.2. The number of benzene rings is 1. The summed E-state index contributed by atoms with van der Waals surface area (Å²) in [5.41, 5.74) is 1.32. The lowest BCUT2D eigenvalue weighted by atomic mass is 9.78. The number of hydrogen-bond donors (Lipinski definition) is 3. The highest BCUT2D eigenvalue weighted by Gasteiger charge is 2.34. The number of urea groups is 1. The summed E-state index contributed by atoms with van der Waals surface area (Å²) in [6, 6.07) is 5.23. The lowest BCUT2D eigenvalue weighted by molar-refractivity contribution is -0.115. The van der Waals surface area contributed by atoms with Crippen LogP contribution in [0.3, 0.4) is 0 Å². The van der Waals surface area contributed by atoms with Crippen LogP contribution in [-0.4, -0.2) is 29.3 Å². The number of aromatic nitrogens is 1. The summed E-state index contributed by atoms with van der Waals surface area (Å²) >= 11 is 1.16. The Balaban J connectivity index is 1.46. The van der Waals surface area contributed by atoms with Crippen LogP contribution in [0.5, 0.6) is 0 Å². The second kappa shape index (κ2) is 8.05. The van der Waals surface area contributed by atoms with Crippen molar-refractivity contribution in [2.75, 3.05) is 11.9 Å². The first-order valence-electron chi connectivity index (χ1n) is 8.81. The van der Waals surface area contributed by atoms with E-state index in [-0.39, 0.29) is 30.1 Å². The Kier molecular flexibility index (Phi) is 5.73. The summed E-state index contributed by atoms with van der Waals surface area (Å²) in [5.74, 6) is -0.740. The molecule has 0 saturated carbocycles. The number of carbonyl (C=O) groups is 3.